The molecule has 1 heterocycles. The first kappa shape index (κ1) is 15.2. The number of nitrogens with one attached hydrogen (secondary N) is 1. The van der Waals surface area contributed by atoms with E-state index in [9.17, 15) is 4.79 Å². The van der Waals surface area contributed by atoms with Crippen molar-refractivity contribution in [1.82, 2.24) is 14.9 Å². The van der Waals surface area contributed by atoms with Crippen LogP contribution in [0.1, 0.15) is 39.0 Å². The lowest BCUT2D eigenvalue weighted by molar-refractivity contribution is -0.120. The van der Waals surface area contributed by atoms with E-state index in [-0.39, 0.29) is 11.2 Å². The average Bonchev–Trinajstić information content (AvgIpc) is 2.85. The molecule has 0 aromatic carbocycles. The number of imidazole rings is 1. The van der Waals surface area contributed by atoms with Crippen molar-refractivity contribution < 1.29 is 4.79 Å². The molecule has 0 radical (unpaired) electrons. The van der Waals surface area contributed by atoms with E-state index < -0.39 is 0 Å². The molecule has 2 rings (SSSR count). The first-order valence-corrected chi connectivity index (χ1v) is 8.14. The number of aryl methyl sites for hydroxylation is 1. The highest BCUT2D eigenvalue weighted by Crippen LogP contribution is 2.21. The van der Waals surface area contributed by atoms with Gasteiger partial charge in [0.05, 0.1) is 5.25 Å². The normalized spacial score (nSPS) is 16.6. The number of hydrogen-bond donors (Lipinski definition) is 1. The number of nitrogens with zero attached hydrogens (tertiary/aromatic N) is 2. The van der Waals surface area contributed by atoms with Gasteiger partial charge in [0, 0.05) is 26.0 Å². The van der Waals surface area contributed by atoms with Gasteiger partial charge in [-0.2, -0.15) is 0 Å². The Balaban J connectivity index is 1.71. The molecule has 5 heteroatoms. The fourth-order valence-electron chi connectivity index (χ4n) is 2.30. The second kappa shape index (κ2) is 7.53. The molecule has 0 fully saturated rings. The van der Waals surface area contributed by atoms with Gasteiger partial charge in [-0.25, -0.2) is 4.98 Å². The largest absolute Gasteiger partial charge is 0.355 e. The number of hydrogen-bond acceptors (Lipinski definition) is 3. The van der Waals surface area contributed by atoms with Crippen molar-refractivity contribution in [3.8, 4) is 0 Å². The van der Waals surface area contributed by atoms with Gasteiger partial charge < -0.3 is 9.88 Å². The summed E-state index contributed by atoms with van der Waals surface area (Å²) in [4.78, 5) is 16.3. The second-order valence-electron chi connectivity index (χ2n) is 5.23. The fraction of sp³-hybridized carbons (Fsp3) is 0.600. The Hall–Kier alpha value is -1.23. The number of amides is 1. The number of allylic oxidation sites excluding steroid dienone is 1. The van der Waals surface area contributed by atoms with Crippen molar-refractivity contribution in [3.05, 3.63) is 24.0 Å². The summed E-state index contributed by atoms with van der Waals surface area (Å²) < 4.78 is 1.93. The van der Waals surface area contributed by atoms with Crippen LogP contribution in [0, 0.1) is 0 Å². The van der Waals surface area contributed by atoms with Crippen LogP contribution in [0.3, 0.4) is 0 Å². The zero-order chi connectivity index (χ0) is 14.4. The molecule has 110 valence electrons. The van der Waals surface area contributed by atoms with Crippen LogP contribution < -0.4 is 5.32 Å². The molecular weight excluding hydrogens is 270 g/mol. The molecule has 0 saturated carbocycles. The van der Waals surface area contributed by atoms with E-state index in [4.69, 9.17) is 0 Å². The Bertz CT molecular complexity index is 481. The summed E-state index contributed by atoms with van der Waals surface area (Å²) in [6.45, 7) is 2.67. The van der Waals surface area contributed by atoms with E-state index in [1.54, 1.807) is 6.20 Å². The van der Waals surface area contributed by atoms with Gasteiger partial charge in [0.15, 0.2) is 5.16 Å². The van der Waals surface area contributed by atoms with E-state index in [2.05, 4.69) is 16.4 Å². The maximum Gasteiger partial charge on any atom is 0.233 e. The van der Waals surface area contributed by atoms with Crippen molar-refractivity contribution in [2.45, 2.75) is 49.4 Å². The standard InChI is InChI=1S/C15H23N3OS/c1-12(20-15-17-10-11-18(15)2)14(19)16-9-8-13-6-4-3-5-7-13/h6,10-12H,3-5,7-9H2,1-2H3,(H,16,19)/t12-/m1/s1. The molecule has 1 aliphatic carbocycles. The van der Waals surface area contributed by atoms with Gasteiger partial charge in [0.25, 0.3) is 0 Å². The summed E-state index contributed by atoms with van der Waals surface area (Å²) in [5.41, 5.74) is 1.50. The van der Waals surface area contributed by atoms with Crippen LogP contribution in [0.15, 0.2) is 29.2 Å². The van der Waals surface area contributed by atoms with Crippen molar-refractivity contribution in [2.24, 2.45) is 7.05 Å². The van der Waals surface area contributed by atoms with Crippen LogP contribution in [0.5, 0.6) is 0 Å². The zero-order valence-electron chi connectivity index (χ0n) is 12.3. The third-order valence-electron chi connectivity index (χ3n) is 3.56. The van der Waals surface area contributed by atoms with Crippen molar-refractivity contribution in [1.29, 1.82) is 0 Å². The van der Waals surface area contributed by atoms with Gasteiger partial charge in [0.1, 0.15) is 0 Å². The summed E-state index contributed by atoms with van der Waals surface area (Å²) in [7, 11) is 1.94. The molecular formula is C15H23N3OS. The summed E-state index contributed by atoms with van der Waals surface area (Å²) in [5, 5.41) is 3.79. The van der Waals surface area contributed by atoms with Crippen LogP contribution in [0.25, 0.3) is 0 Å². The van der Waals surface area contributed by atoms with Gasteiger partial charge >= 0.3 is 0 Å². The second-order valence-corrected chi connectivity index (χ2v) is 6.54. The molecule has 20 heavy (non-hydrogen) atoms. The molecule has 1 atom stereocenters. The molecule has 0 bridgehead atoms. The monoisotopic (exact) mass is 293 g/mol. The Morgan fingerprint density at radius 1 is 1.55 bits per heavy atom. The summed E-state index contributed by atoms with van der Waals surface area (Å²) >= 11 is 1.50. The number of aromatic nitrogens is 2. The minimum atomic E-state index is -0.114. The predicted octanol–water partition coefficient (Wildman–Crippen LogP) is 2.91. The van der Waals surface area contributed by atoms with Crippen LogP contribution in [0.2, 0.25) is 0 Å². The predicted molar refractivity (Wildman–Crippen MR) is 82.7 cm³/mol. The summed E-state index contributed by atoms with van der Waals surface area (Å²) in [6, 6.07) is 0. The first-order chi connectivity index (χ1) is 9.66. The van der Waals surface area contributed by atoms with Crippen molar-refractivity contribution >= 4 is 17.7 Å². The van der Waals surface area contributed by atoms with E-state index in [1.807, 2.05) is 24.7 Å². The number of carbonyl (C=O) groups excluding carboxylic acids is 1. The summed E-state index contributed by atoms with van der Waals surface area (Å²) in [5.74, 6) is 0.0920. The SMILES string of the molecule is C[C@@H](Sc1nccn1C)C(=O)NCCC1=CCCCC1. The molecule has 1 aromatic heterocycles. The highest BCUT2D eigenvalue weighted by Gasteiger charge is 2.16. The van der Waals surface area contributed by atoms with Crippen LogP contribution in [-0.2, 0) is 11.8 Å². The molecule has 1 N–H and O–H groups in total. The van der Waals surface area contributed by atoms with Crippen molar-refractivity contribution in [2.75, 3.05) is 6.54 Å². The fourth-order valence-corrected chi connectivity index (χ4v) is 3.15. The highest BCUT2D eigenvalue weighted by molar-refractivity contribution is 8.00. The average molecular weight is 293 g/mol. The highest BCUT2D eigenvalue weighted by atomic mass is 32.2. The van der Waals surface area contributed by atoms with Gasteiger partial charge in [-0.3, -0.25) is 4.79 Å². The first-order valence-electron chi connectivity index (χ1n) is 7.26. The molecule has 1 aromatic rings. The Kier molecular flexibility index (Phi) is 5.71. The Morgan fingerprint density at radius 3 is 3.05 bits per heavy atom. The summed E-state index contributed by atoms with van der Waals surface area (Å²) in [6.07, 6.45) is 12.0. The third-order valence-corrected chi connectivity index (χ3v) is 4.73. The quantitative estimate of drug-likeness (QED) is 0.648. The molecule has 1 amide bonds. The van der Waals surface area contributed by atoms with E-state index in [0.717, 1.165) is 18.1 Å². The van der Waals surface area contributed by atoms with E-state index >= 15 is 0 Å². The molecule has 0 spiro atoms. The van der Waals surface area contributed by atoms with Gasteiger partial charge in [0.2, 0.25) is 5.91 Å². The Morgan fingerprint density at radius 2 is 2.40 bits per heavy atom. The maximum atomic E-state index is 12.0. The van der Waals surface area contributed by atoms with Crippen LogP contribution in [0.4, 0.5) is 0 Å². The van der Waals surface area contributed by atoms with Crippen LogP contribution in [-0.4, -0.2) is 27.3 Å². The van der Waals surface area contributed by atoms with Crippen molar-refractivity contribution in [3.63, 3.8) is 0 Å². The molecule has 0 unspecified atom stereocenters. The van der Waals surface area contributed by atoms with E-state index in [1.165, 1.54) is 43.0 Å². The lowest BCUT2D eigenvalue weighted by Crippen LogP contribution is -2.32. The van der Waals surface area contributed by atoms with Gasteiger partial charge in [-0.15, -0.1) is 0 Å². The molecule has 1 aliphatic rings. The topological polar surface area (TPSA) is 46.9 Å². The van der Waals surface area contributed by atoms with Gasteiger partial charge in [-0.05, 0) is 39.0 Å². The number of carbonyl (C=O) groups is 1. The molecule has 4 nitrogen and oxygen atoms in total. The number of rotatable bonds is 6. The van der Waals surface area contributed by atoms with Crippen LogP contribution >= 0.6 is 11.8 Å². The molecule has 0 aliphatic heterocycles. The lowest BCUT2D eigenvalue weighted by atomic mass is 9.97. The minimum Gasteiger partial charge on any atom is -0.355 e. The smallest absolute Gasteiger partial charge is 0.233 e. The number of thioether (sulfide) groups is 1. The van der Waals surface area contributed by atoms with Gasteiger partial charge in [-0.1, -0.05) is 23.4 Å². The third kappa shape index (κ3) is 4.40. The lowest BCUT2D eigenvalue weighted by Gasteiger charge is -2.14. The van der Waals surface area contributed by atoms with E-state index in [0.29, 0.717) is 0 Å². The minimum absolute atomic E-state index is 0.0920. The Labute approximate surface area is 125 Å². The molecule has 0 saturated heterocycles. The zero-order valence-corrected chi connectivity index (χ0v) is 13.1. The maximum absolute atomic E-state index is 12.0.